The van der Waals surface area contributed by atoms with E-state index in [9.17, 15) is 13.2 Å². The van der Waals surface area contributed by atoms with E-state index >= 15 is 0 Å². The zero-order valence-electron chi connectivity index (χ0n) is 16.7. The maximum absolute atomic E-state index is 12.4. The van der Waals surface area contributed by atoms with Crippen LogP contribution in [0.1, 0.15) is 43.0 Å². The quantitative estimate of drug-likeness (QED) is 0.570. The summed E-state index contributed by atoms with van der Waals surface area (Å²) in [5.41, 5.74) is 0.384. The maximum Gasteiger partial charge on any atom is 0.251 e. The van der Waals surface area contributed by atoms with Crippen molar-refractivity contribution >= 4 is 15.9 Å². The van der Waals surface area contributed by atoms with E-state index in [1.165, 1.54) is 12.1 Å². The molecule has 1 saturated carbocycles. The number of piperazine rings is 1. The first kappa shape index (κ1) is 21.2. The molecule has 8 heteroatoms. The maximum atomic E-state index is 12.4. The van der Waals surface area contributed by atoms with Gasteiger partial charge in [-0.15, -0.1) is 0 Å². The van der Waals surface area contributed by atoms with Gasteiger partial charge in [0, 0.05) is 44.3 Å². The lowest BCUT2D eigenvalue weighted by atomic mass is 10.2. The molecular formula is C20H32N4O3S. The van der Waals surface area contributed by atoms with E-state index in [4.69, 9.17) is 0 Å². The number of carbonyl (C=O) groups excluding carboxylic acids is 1. The fourth-order valence-corrected chi connectivity index (χ4v) is 4.74. The number of likely N-dealkylation sites (N-methyl/N-ethyl adjacent to an activating group) is 1. The summed E-state index contributed by atoms with van der Waals surface area (Å²) in [6, 6.07) is 6.30. The molecule has 0 spiro atoms. The van der Waals surface area contributed by atoms with Crippen molar-refractivity contribution in [2.45, 2.75) is 43.5 Å². The normalized spacial score (nSPS) is 18.9. The Morgan fingerprint density at radius 1 is 1.11 bits per heavy atom. The average Bonchev–Trinajstić information content (AvgIpc) is 3.51. The number of rotatable bonds is 10. The first-order valence-electron chi connectivity index (χ1n) is 10.3. The number of benzene rings is 1. The molecule has 156 valence electrons. The zero-order chi connectivity index (χ0) is 20.0. The monoisotopic (exact) mass is 408 g/mol. The van der Waals surface area contributed by atoms with Gasteiger partial charge < -0.3 is 15.1 Å². The van der Waals surface area contributed by atoms with E-state index in [0.717, 1.165) is 65.0 Å². The van der Waals surface area contributed by atoms with Gasteiger partial charge in [-0.2, -0.15) is 0 Å². The third-order valence-electron chi connectivity index (χ3n) is 5.40. The van der Waals surface area contributed by atoms with Gasteiger partial charge in [-0.25, -0.2) is 13.1 Å². The van der Waals surface area contributed by atoms with Crippen LogP contribution in [0.15, 0.2) is 29.2 Å². The van der Waals surface area contributed by atoms with Gasteiger partial charge >= 0.3 is 0 Å². The Hall–Kier alpha value is -1.48. The van der Waals surface area contributed by atoms with Crippen molar-refractivity contribution in [3.63, 3.8) is 0 Å². The molecule has 28 heavy (non-hydrogen) atoms. The fourth-order valence-electron chi connectivity index (χ4n) is 3.39. The predicted molar refractivity (Wildman–Crippen MR) is 110 cm³/mol. The van der Waals surface area contributed by atoms with E-state index < -0.39 is 10.0 Å². The van der Waals surface area contributed by atoms with E-state index in [0.29, 0.717) is 12.1 Å². The molecule has 0 bridgehead atoms. The van der Waals surface area contributed by atoms with Crippen molar-refractivity contribution in [3.8, 4) is 0 Å². The lowest BCUT2D eigenvalue weighted by molar-refractivity contribution is 0.0951. The number of hydrogen-bond acceptors (Lipinski definition) is 5. The summed E-state index contributed by atoms with van der Waals surface area (Å²) in [4.78, 5) is 17.4. The van der Waals surface area contributed by atoms with E-state index in [-0.39, 0.29) is 16.8 Å². The van der Waals surface area contributed by atoms with Crippen LogP contribution < -0.4 is 10.0 Å². The number of sulfonamides is 1. The molecule has 0 radical (unpaired) electrons. The molecule has 2 N–H and O–H groups in total. The Morgan fingerprint density at radius 2 is 1.82 bits per heavy atom. The Balaban J connectivity index is 1.38. The van der Waals surface area contributed by atoms with Crippen molar-refractivity contribution in [2.75, 3.05) is 45.8 Å². The number of unbranched alkanes of at least 4 members (excludes halogenated alkanes) is 1. The number of nitrogens with one attached hydrogen (secondary N) is 2. The minimum absolute atomic E-state index is 0.0485. The molecule has 3 rings (SSSR count). The summed E-state index contributed by atoms with van der Waals surface area (Å²) in [6.07, 6.45) is 3.73. The number of amides is 1. The summed E-state index contributed by atoms with van der Waals surface area (Å²) in [7, 11) is -3.54. The number of hydrogen-bond donors (Lipinski definition) is 2. The van der Waals surface area contributed by atoms with Crippen LogP contribution in [0.4, 0.5) is 0 Å². The van der Waals surface area contributed by atoms with Gasteiger partial charge in [0.1, 0.15) is 0 Å². The minimum Gasteiger partial charge on any atom is -0.352 e. The van der Waals surface area contributed by atoms with Crippen LogP contribution in [-0.4, -0.2) is 76.0 Å². The highest BCUT2D eigenvalue weighted by Crippen LogP contribution is 2.22. The smallest absolute Gasteiger partial charge is 0.251 e. The van der Waals surface area contributed by atoms with Crippen molar-refractivity contribution in [2.24, 2.45) is 0 Å². The Kier molecular flexibility index (Phi) is 7.45. The highest BCUT2D eigenvalue weighted by molar-refractivity contribution is 7.89. The molecule has 1 saturated heterocycles. The molecule has 1 heterocycles. The fraction of sp³-hybridized carbons (Fsp3) is 0.650. The van der Waals surface area contributed by atoms with Crippen LogP contribution in [0, 0.1) is 0 Å². The molecule has 0 unspecified atom stereocenters. The molecule has 0 aromatic heterocycles. The number of nitrogens with zero attached hydrogens (tertiary/aromatic N) is 2. The van der Waals surface area contributed by atoms with Gasteiger partial charge in [0.2, 0.25) is 10.0 Å². The second-order valence-electron chi connectivity index (χ2n) is 7.66. The lowest BCUT2D eigenvalue weighted by Gasteiger charge is -2.33. The van der Waals surface area contributed by atoms with Crippen molar-refractivity contribution in [3.05, 3.63) is 29.8 Å². The second kappa shape index (κ2) is 9.82. The first-order valence-corrected chi connectivity index (χ1v) is 11.8. The van der Waals surface area contributed by atoms with Crippen molar-refractivity contribution in [1.82, 2.24) is 19.8 Å². The SMILES string of the molecule is CCN1CCN(CCCCNC(=O)c2cccc(S(=O)(=O)NC3CC3)c2)CC1. The first-order chi connectivity index (χ1) is 13.5. The predicted octanol–water partition coefficient (Wildman–Crippen LogP) is 1.27. The molecule has 7 nitrogen and oxygen atoms in total. The summed E-state index contributed by atoms with van der Waals surface area (Å²) < 4.78 is 27.2. The van der Waals surface area contributed by atoms with Crippen LogP contribution in [0.2, 0.25) is 0 Å². The molecule has 1 aliphatic carbocycles. The second-order valence-corrected chi connectivity index (χ2v) is 9.38. The molecule has 1 aliphatic heterocycles. The molecular weight excluding hydrogens is 376 g/mol. The third kappa shape index (κ3) is 6.27. The summed E-state index contributed by atoms with van der Waals surface area (Å²) in [5, 5.41) is 2.90. The number of carbonyl (C=O) groups is 1. The van der Waals surface area contributed by atoms with Gasteiger partial charge in [0.15, 0.2) is 0 Å². The van der Waals surface area contributed by atoms with Gasteiger partial charge in [-0.1, -0.05) is 13.0 Å². The molecule has 0 atom stereocenters. The minimum atomic E-state index is -3.54. The average molecular weight is 409 g/mol. The standard InChI is InChI=1S/C20H32N4O3S/c1-2-23-12-14-24(15-13-23)11-4-3-10-21-20(25)17-6-5-7-19(16-17)28(26,27)22-18-8-9-18/h5-7,16,18,22H,2-4,8-15H2,1H3,(H,21,25). The highest BCUT2D eigenvalue weighted by atomic mass is 32.2. The molecule has 1 aromatic rings. The van der Waals surface area contributed by atoms with Crippen molar-refractivity contribution in [1.29, 1.82) is 0 Å². The van der Waals surface area contributed by atoms with Crippen LogP contribution >= 0.6 is 0 Å². The van der Waals surface area contributed by atoms with Gasteiger partial charge in [0.05, 0.1) is 4.90 Å². The van der Waals surface area contributed by atoms with Crippen LogP contribution in [0.5, 0.6) is 0 Å². The lowest BCUT2D eigenvalue weighted by Crippen LogP contribution is -2.46. The van der Waals surface area contributed by atoms with Crippen molar-refractivity contribution < 1.29 is 13.2 Å². The zero-order valence-corrected chi connectivity index (χ0v) is 17.5. The Bertz CT molecular complexity index is 756. The molecule has 1 amide bonds. The van der Waals surface area contributed by atoms with E-state index in [1.807, 2.05) is 0 Å². The summed E-state index contributed by atoms with van der Waals surface area (Å²) >= 11 is 0. The Morgan fingerprint density at radius 3 is 2.50 bits per heavy atom. The molecule has 1 aromatic carbocycles. The van der Waals surface area contributed by atoms with Crippen LogP contribution in [0.3, 0.4) is 0 Å². The van der Waals surface area contributed by atoms with Crippen LogP contribution in [0.25, 0.3) is 0 Å². The third-order valence-corrected chi connectivity index (χ3v) is 6.92. The van der Waals surface area contributed by atoms with Crippen LogP contribution in [-0.2, 0) is 10.0 Å². The largest absolute Gasteiger partial charge is 0.352 e. The summed E-state index contributed by atoms with van der Waals surface area (Å²) in [6.45, 7) is 9.52. The van der Waals surface area contributed by atoms with E-state index in [2.05, 4.69) is 26.8 Å². The van der Waals surface area contributed by atoms with Gasteiger partial charge in [0.25, 0.3) is 5.91 Å². The van der Waals surface area contributed by atoms with E-state index in [1.54, 1.807) is 12.1 Å². The Labute approximate surface area is 168 Å². The van der Waals surface area contributed by atoms with Gasteiger partial charge in [-0.05, 0) is 57.0 Å². The molecule has 2 fully saturated rings. The summed E-state index contributed by atoms with van der Waals surface area (Å²) in [5.74, 6) is -0.222. The van der Waals surface area contributed by atoms with Gasteiger partial charge in [-0.3, -0.25) is 4.79 Å². The topological polar surface area (TPSA) is 81.8 Å². The highest BCUT2D eigenvalue weighted by Gasteiger charge is 2.28. The molecule has 2 aliphatic rings.